The molecular weight excluding hydrogens is 178 g/mol. The van der Waals surface area contributed by atoms with Gasteiger partial charge in [-0.1, -0.05) is 40.5 Å². The van der Waals surface area contributed by atoms with Crippen LogP contribution in [0.5, 0.6) is 0 Å². The van der Waals surface area contributed by atoms with Crippen LogP contribution in [0.2, 0.25) is 0 Å². The summed E-state index contributed by atoms with van der Waals surface area (Å²) in [6.45, 7) is 8.61. The maximum absolute atomic E-state index is 11.4. The molecule has 84 valence electrons. The maximum atomic E-state index is 11.4. The molecule has 1 unspecified atom stereocenters. The Morgan fingerprint density at radius 2 is 1.86 bits per heavy atom. The lowest BCUT2D eigenvalue weighted by molar-refractivity contribution is -0.147. The third-order valence-corrected chi connectivity index (χ3v) is 2.74. The van der Waals surface area contributed by atoms with Gasteiger partial charge in [0.25, 0.3) is 0 Å². The van der Waals surface area contributed by atoms with E-state index in [0.717, 1.165) is 12.8 Å². The van der Waals surface area contributed by atoms with Gasteiger partial charge in [0.1, 0.15) is 6.04 Å². The summed E-state index contributed by atoms with van der Waals surface area (Å²) < 4.78 is 5.12. The molecule has 0 spiro atoms. The highest BCUT2D eigenvalue weighted by molar-refractivity contribution is 5.75. The van der Waals surface area contributed by atoms with E-state index in [0.29, 0.717) is 12.5 Å². The van der Waals surface area contributed by atoms with Gasteiger partial charge in [-0.05, 0) is 11.8 Å². The van der Waals surface area contributed by atoms with Crippen LogP contribution in [-0.2, 0) is 9.53 Å². The van der Waals surface area contributed by atoms with Gasteiger partial charge in [-0.25, -0.2) is 0 Å². The highest BCUT2D eigenvalue weighted by Gasteiger charge is 2.21. The number of esters is 1. The van der Waals surface area contributed by atoms with E-state index in [4.69, 9.17) is 10.5 Å². The van der Waals surface area contributed by atoms with E-state index in [2.05, 4.69) is 13.8 Å². The van der Waals surface area contributed by atoms with Crippen LogP contribution in [0.1, 0.15) is 40.5 Å². The first-order valence-electron chi connectivity index (χ1n) is 5.45. The molecule has 0 radical (unpaired) electrons. The SMILES string of the molecule is CCC(C)COC(=O)[C@@H](N)[C@@H](C)CC. The molecule has 0 saturated heterocycles. The lowest BCUT2D eigenvalue weighted by Crippen LogP contribution is -2.38. The molecule has 3 atom stereocenters. The van der Waals surface area contributed by atoms with Gasteiger partial charge in [0.2, 0.25) is 0 Å². The van der Waals surface area contributed by atoms with Crippen molar-refractivity contribution in [2.75, 3.05) is 6.61 Å². The number of hydrogen-bond acceptors (Lipinski definition) is 3. The Morgan fingerprint density at radius 1 is 1.29 bits per heavy atom. The Balaban J connectivity index is 3.84. The third-order valence-electron chi connectivity index (χ3n) is 2.74. The van der Waals surface area contributed by atoms with Gasteiger partial charge in [-0.2, -0.15) is 0 Å². The van der Waals surface area contributed by atoms with Crippen LogP contribution in [0, 0.1) is 11.8 Å². The second kappa shape index (κ2) is 6.82. The van der Waals surface area contributed by atoms with Crippen molar-refractivity contribution in [1.82, 2.24) is 0 Å². The summed E-state index contributed by atoms with van der Waals surface area (Å²) in [6.07, 6.45) is 1.92. The van der Waals surface area contributed by atoms with Crippen molar-refractivity contribution in [3.05, 3.63) is 0 Å². The molecule has 3 nitrogen and oxygen atoms in total. The number of ether oxygens (including phenoxy) is 1. The molecule has 0 aliphatic rings. The molecule has 2 N–H and O–H groups in total. The molecule has 0 aliphatic heterocycles. The lowest BCUT2D eigenvalue weighted by Gasteiger charge is -2.18. The summed E-state index contributed by atoms with van der Waals surface area (Å²) in [4.78, 5) is 11.4. The Labute approximate surface area is 87.0 Å². The van der Waals surface area contributed by atoms with E-state index in [1.807, 2.05) is 13.8 Å². The van der Waals surface area contributed by atoms with Crippen LogP contribution in [0.3, 0.4) is 0 Å². The predicted molar refractivity (Wildman–Crippen MR) is 57.8 cm³/mol. The zero-order chi connectivity index (χ0) is 11.1. The van der Waals surface area contributed by atoms with Gasteiger partial charge < -0.3 is 10.5 Å². The normalized spacial score (nSPS) is 17.2. The van der Waals surface area contributed by atoms with E-state index in [9.17, 15) is 4.79 Å². The Morgan fingerprint density at radius 3 is 2.29 bits per heavy atom. The minimum absolute atomic E-state index is 0.194. The Bertz CT molecular complexity index is 171. The van der Waals surface area contributed by atoms with E-state index < -0.39 is 6.04 Å². The number of nitrogens with two attached hydrogens (primary N) is 1. The van der Waals surface area contributed by atoms with Gasteiger partial charge in [0.15, 0.2) is 0 Å². The van der Waals surface area contributed by atoms with Crippen molar-refractivity contribution in [2.45, 2.75) is 46.6 Å². The number of carbonyl (C=O) groups excluding carboxylic acids is 1. The monoisotopic (exact) mass is 201 g/mol. The zero-order valence-corrected chi connectivity index (χ0v) is 9.75. The Kier molecular flexibility index (Phi) is 6.54. The van der Waals surface area contributed by atoms with Crippen molar-refractivity contribution in [3.63, 3.8) is 0 Å². The van der Waals surface area contributed by atoms with E-state index >= 15 is 0 Å². The molecule has 0 aromatic rings. The highest BCUT2D eigenvalue weighted by atomic mass is 16.5. The van der Waals surface area contributed by atoms with E-state index in [1.165, 1.54) is 0 Å². The first kappa shape index (κ1) is 13.4. The Hall–Kier alpha value is -0.570. The second-order valence-electron chi connectivity index (χ2n) is 4.05. The van der Waals surface area contributed by atoms with Crippen LogP contribution in [0.4, 0.5) is 0 Å². The van der Waals surface area contributed by atoms with Gasteiger partial charge in [-0.3, -0.25) is 4.79 Å². The quantitative estimate of drug-likeness (QED) is 0.668. The van der Waals surface area contributed by atoms with Crippen molar-refractivity contribution in [2.24, 2.45) is 17.6 Å². The fourth-order valence-corrected chi connectivity index (χ4v) is 0.925. The zero-order valence-electron chi connectivity index (χ0n) is 9.75. The third kappa shape index (κ3) is 4.61. The minimum atomic E-state index is -0.468. The van der Waals surface area contributed by atoms with E-state index in [-0.39, 0.29) is 11.9 Å². The molecule has 0 fully saturated rings. The molecular formula is C11H23NO2. The smallest absolute Gasteiger partial charge is 0.323 e. The van der Waals surface area contributed by atoms with Crippen molar-refractivity contribution in [3.8, 4) is 0 Å². The summed E-state index contributed by atoms with van der Waals surface area (Å²) in [7, 11) is 0. The molecule has 0 rings (SSSR count). The summed E-state index contributed by atoms with van der Waals surface area (Å²) in [5.41, 5.74) is 5.72. The standard InChI is InChI=1S/C11H23NO2/c1-5-8(3)7-14-11(13)10(12)9(4)6-2/h8-10H,5-7,12H2,1-4H3/t8?,9-,10-/m0/s1. The van der Waals surface area contributed by atoms with Crippen LogP contribution in [-0.4, -0.2) is 18.6 Å². The topological polar surface area (TPSA) is 52.3 Å². The fourth-order valence-electron chi connectivity index (χ4n) is 0.925. The number of hydrogen-bond donors (Lipinski definition) is 1. The van der Waals surface area contributed by atoms with Crippen molar-refractivity contribution in [1.29, 1.82) is 0 Å². The maximum Gasteiger partial charge on any atom is 0.323 e. The van der Waals surface area contributed by atoms with Gasteiger partial charge in [0.05, 0.1) is 6.61 Å². The van der Waals surface area contributed by atoms with Gasteiger partial charge >= 0.3 is 5.97 Å². The van der Waals surface area contributed by atoms with Crippen LogP contribution >= 0.6 is 0 Å². The molecule has 14 heavy (non-hydrogen) atoms. The molecule has 3 heteroatoms. The summed E-state index contributed by atoms with van der Waals surface area (Å²) >= 11 is 0. The van der Waals surface area contributed by atoms with Crippen LogP contribution < -0.4 is 5.73 Å². The van der Waals surface area contributed by atoms with Crippen LogP contribution in [0.15, 0.2) is 0 Å². The molecule has 0 saturated carbocycles. The highest BCUT2D eigenvalue weighted by Crippen LogP contribution is 2.08. The largest absolute Gasteiger partial charge is 0.464 e. The number of carbonyl (C=O) groups is 1. The predicted octanol–water partition coefficient (Wildman–Crippen LogP) is 1.95. The average molecular weight is 201 g/mol. The van der Waals surface area contributed by atoms with Gasteiger partial charge in [-0.15, -0.1) is 0 Å². The molecule has 0 bridgehead atoms. The fraction of sp³-hybridized carbons (Fsp3) is 0.909. The minimum Gasteiger partial charge on any atom is -0.464 e. The first-order valence-corrected chi connectivity index (χ1v) is 5.45. The average Bonchev–Trinajstić information content (AvgIpc) is 2.22. The molecule has 0 aliphatic carbocycles. The summed E-state index contributed by atoms with van der Waals surface area (Å²) in [5.74, 6) is 0.349. The molecule has 0 amide bonds. The lowest BCUT2D eigenvalue weighted by atomic mass is 10.0. The van der Waals surface area contributed by atoms with Crippen LogP contribution in [0.25, 0.3) is 0 Å². The summed E-state index contributed by atoms with van der Waals surface area (Å²) in [5, 5.41) is 0. The van der Waals surface area contributed by atoms with Gasteiger partial charge in [0, 0.05) is 0 Å². The van der Waals surface area contributed by atoms with Crippen molar-refractivity contribution >= 4 is 5.97 Å². The van der Waals surface area contributed by atoms with Crippen molar-refractivity contribution < 1.29 is 9.53 Å². The molecule has 0 aromatic carbocycles. The molecule has 0 aromatic heterocycles. The number of rotatable bonds is 6. The summed E-state index contributed by atoms with van der Waals surface area (Å²) in [6, 6.07) is -0.468. The van der Waals surface area contributed by atoms with E-state index in [1.54, 1.807) is 0 Å². The second-order valence-corrected chi connectivity index (χ2v) is 4.05. The first-order chi connectivity index (χ1) is 6.52. The molecule has 0 heterocycles.